The van der Waals surface area contributed by atoms with Crippen molar-refractivity contribution >= 4 is 27.5 Å². The van der Waals surface area contributed by atoms with Gasteiger partial charge in [-0.1, -0.05) is 24.3 Å². The first-order chi connectivity index (χ1) is 12.3. The van der Waals surface area contributed by atoms with Crippen LogP contribution in [-0.4, -0.2) is 12.9 Å². The van der Waals surface area contributed by atoms with E-state index in [9.17, 15) is 4.79 Å². The Hall–Kier alpha value is -3.20. The molecule has 0 spiro atoms. The van der Waals surface area contributed by atoms with Crippen molar-refractivity contribution in [2.24, 2.45) is 0 Å². The van der Waals surface area contributed by atoms with Crippen LogP contribution in [0.1, 0.15) is 10.4 Å². The third-order valence-electron chi connectivity index (χ3n) is 4.51. The highest BCUT2D eigenvalue weighted by molar-refractivity contribution is 6.05. The Morgan fingerprint density at radius 1 is 0.880 bits per heavy atom. The molecule has 1 heterocycles. The molecule has 1 aromatic heterocycles. The molecule has 25 heavy (non-hydrogen) atoms. The number of aromatic nitrogens is 1. The third kappa shape index (κ3) is 2.85. The van der Waals surface area contributed by atoms with E-state index < -0.39 is 0 Å². The summed E-state index contributed by atoms with van der Waals surface area (Å²) in [5.74, 6) is 0.828. The van der Waals surface area contributed by atoms with Crippen molar-refractivity contribution in [1.29, 1.82) is 0 Å². The standard InChI is InChI=1S/C22H18NO2/c1-25-18-11-8-17(9-12-18)22(24)15-23-14-4-7-20-19-6-3-2-5-16(19)10-13-21(20)23/h2-14H,15H2,1H3/q+1. The van der Waals surface area contributed by atoms with E-state index in [1.165, 1.54) is 10.8 Å². The number of nitrogens with zero attached hydrogens (tertiary/aromatic N) is 1. The van der Waals surface area contributed by atoms with E-state index in [-0.39, 0.29) is 5.78 Å². The highest BCUT2D eigenvalue weighted by Crippen LogP contribution is 2.23. The summed E-state index contributed by atoms with van der Waals surface area (Å²) in [4.78, 5) is 12.7. The maximum atomic E-state index is 12.7. The van der Waals surface area contributed by atoms with Gasteiger partial charge in [0.2, 0.25) is 17.8 Å². The first-order valence-electron chi connectivity index (χ1n) is 8.23. The van der Waals surface area contributed by atoms with Gasteiger partial charge in [0.1, 0.15) is 5.75 Å². The Labute approximate surface area is 146 Å². The molecule has 0 atom stereocenters. The highest BCUT2D eigenvalue weighted by atomic mass is 16.5. The Morgan fingerprint density at radius 3 is 2.44 bits per heavy atom. The largest absolute Gasteiger partial charge is 0.497 e. The number of ketones is 1. The summed E-state index contributed by atoms with van der Waals surface area (Å²) >= 11 is 0. The molecule has 0 bridgehead atoms. The number of carbonyl (C=O) groups is 1. The molecule has 0 N–H and O–H groups in total. The second-order valence-corrected chi connectivity index (χ2v) is 6.01. The zero-order valence-electron chi connectivity index (χ0n) is 14.0. The summed E-state index contributed by atoms with van der Waals surface area (Å²) in [5.41, 5.74) is 1.74. The fourth-order valence-corrected chi connectivity index (χ4v) is 3.19. The van der Waals surface area contributed by atoms with Crippen LogP contribution in [0.3, 0.4) is 0 Å². The maximum Gasteiger partial charge on any atom is 0.227 e. The lowest BCUT2D eigenvalue weighted by Crippen LogP contribution is -2.38. The smallest absolute Gasteiger partial charge is 0.227 e. The number of methoxy groups -OCH3 is 1. The van der Waals surface area contributed by atoms with Crippen molar-refractivity contribution in [1.82, 2.24) is 0 Å². The summed E-state index contributed by atoms with van der Waals surface area (Å²) in [6.07, 6.45) is 1.96. The molecule has 0 unspecified atom stereocenters. The zero-order valence-corrected chi connectivity index (χ0v) is 14.0. The molecule has 0 aliphatic carbocycles. The SMILES string of the molecule is COc1ccc(C(=O)C[n+]2cccc3c4ccccc4ccc32)cc1. The van der Waals surface area contributed by atoms with Crippen LogP contribution in [0.2, 0.25) is 0 Å². The predicted octanol–water partition coefficient (Wildman–Crippen LogP) is 4.17. The van der Waals surface area contributed by atoms with Crippen LogP contribution in [0.25, 0.3) is 21.7 Å². The van der Waals surface area contributed by atoms with Crippen molar-refractivity contribution < 1.29 is 14.1 Å². The van der Waals surface area contributed by atoms with E-state index in [1.54, 1.807) is 7.11 Å². The first-order valence-corrected chi connectivity index (χ1v) is 8.23. The molecule has 3 aromatic carbocycles. The lowest BCUT2D eigenvalue weighted by Gasteiger charge is -2.05. The maximum absolute atomic E-state index is 12.7. The molecule has 0 saturated carbocycles. The zero-order chi connectivity index (χ0) is 17.2. The number of fused-ring (bicyclic) bond motifs is 3. The van der Waals surface area contributed by atoms with E-state index in [0.29, 0.717) is 12.1 Å². The minimum atomic E-state index is 0.0771. The molecule has 0 fully saturated rings. The van der Waals surface area contributed by atoms with Gasteiger partial charge in [0, 0.05) is 17.7 Å². The second kappa shape index (κ2) is 6.36. The summed E-state index contributed by atoms with van der Waals surface area (Å²) in [6.45, 7) is 0.308. The van der Waals surface area contributed by atoms with Gasteiger partial charge in [-0.25, -0.2) is 0 Å². The molecule has 3 heteroatoms. The molecule has 3 nitrogen and oxygen atoms in total. The van der Waals surface area contributed by atoms with E-state index in [2.05, 4.69) is 30.3 Å². The minimum Gasteiger partial charge on any atom is -0.497 e. The van der Waals surface area contributed by atoms with Crippen LogP contribution in [0.5, 0.6) is 5.75 Å². The number of ether oxygens (including phenoxy) is 1. The van der Waals surface area contributed by atoms with Gasteiger partial charge in [-0.05, 0) is 47.2 Å². The number of rotatable bonds is 4. The Bertz CT molecular complexity index is 1070. The molecular weight excluding hydrogens is 310 g/mol. The Kier molecular flexibility index (Phi) is 3.90. The molecule has 0 radical (unpaired) electrons. The fraction of sp³-hybridized carbons (Fsp3) is 0.0909. The quantitative estimate of drug-likeness (QED) is 0.320. The van der Waals surface area contributed by atoms with Gasteiger partial charge in [-0.15, -0.1) is 0 Å². The van der Waals surface area contributed by atoms with Gasteiger partial charge in [-0.3, -0.25) is 4.79 Å². The Morgan fingerprint density at radius 2 is 1.64 bits per heavy atom. The van der Waals surface area contributed by atoms with Crippen LogP contribution < -0.4 is 9.30 Å². The summed E-state index contributed by atoms with van der Waals surface area (Å²) in [5, 5.41) is 3.56. The average molecular weight is 328 g/mol. The molecule has 0 saturated heterocycles. The van der Waals surface area contributed by atoms with Gasteiger partial charge in [0.15, 0.2) is 6.20 Å². The van der Waals surface area contributed by atoms with E-state index in [0.717, 1.165) is 16.7 Å². The van der Waals surface area contributed by atoms with Crippen LogP contribution >= 0.6 is 0 Å². The second-order valence-electron chi connectivity index (χ2n) is 6.01. The lowest BCUT2D eigenvalue weighted by molar-refractivity contribution is -0.657. The summed E-state index contributed by atoms with van der Waals surface area (Å²) in [7, 11) is 1.62. The number of benzene rings is 3. The van der Waals surface area contributed by atoms with Gasteiger partial charge >= 0.3 is 0 Å². The highest BCUT2D eigenvalue weighted by Gasteiger charge is 2.16. The first kappa shape index (κ1) is 15.3. The van der Waals surface area contributed by atoms with Crippen LogP contribution in [-0.2, 0) is 6.54 Å². The number of pyridine rings is 1. The molecule has 4 rings (SSSR count). The van der Waals surface area contributed by atoms with Crippen molar-refractivity contribution in [3.8, 4) is 5.75 Å². The van der Waals surface area contributed by atoms with Crippen molar-refractivity contribution in [2.75, 3.05) is 7.11 Å². The van der Waals surface area contributed by atoms with Crippen LogP contribution in [0, 0.1) is 0 Å². The van der Waals surface area contributed by atoms with Crippen molar-refractivity contribution in [3.63, 3.8) is 0 Å². The molecule has 0 aliphatic heterocycles. The molecule has 0 amide bonds. The minimum absolute atomic E-state index is 0.0771. The number of carbonyl (C=O) groups excluding carboxylic acids is 1. The van der Waals surface area contributed by atoms with E-state index in [1.807, 2.05) is 53.2 Å². The molecule has 4 aromatic rings. The number of hydrogen-bond acceptors (Lipinski definition) is 2. The number of Topliss-reactive ketones (excluding diaryl/α,β-unsaturated/α-hetero) is 1. The normalized spacial score (nSPS) is 10.9. The van der Waals surface area contributed by atoms with Crippen LogP contribution in [0.15, 0.2) is 79.0 Å². The third-order valence-corrected chi connectivity index (χ3v) is 4.51. The fourth-order valence-electron chi connectivity index (χ4n) is 3.19. The lowest BCUT2D eigenvalue weighted by atomic mass is 10.0. The van der Waals surface area contributed by atoms with Gasteiger partial charge < -0.3 is 4.74 Å². The van der Waals surface area contributed by atoms with E-state index >= 15 is 0 Å². The monoisotopic (exact) mass is 328 g/mol. The van der Waals surface area contributed by atoms with Crippen LogP contribution in [0.4, 0.5) is 0 Å². The van der Waals surface area contributed by atoms with Gasteiger partial charge in [0.05, 0.1) is 12.5 Å². The molecule has 122 valence electrons. The molecule has 0 aliphatic rings. The van der Waals surface area contributed by atoms with Crippen molar-refractivity contribution in [3.05, 3.63) is 84.6 Å². The summed E-state index contributed by atoms with van der Waals surface area (Å²) < 4.78 is 7.16. The Balaban J connectivity index is 1.73. The van der Waals surface area contributed by atoms with Gasteiger partial charge in [-0.2, -0.15) is 4.57 Å². The van der Waals surface area contributed by atoms with E-state index in [4.69, 9.17) is 4.74 Å². The van der Waals surface area contributed by atoms with Crippen molar-refractivity contribution in [2.45, 2.75) is 6.54 Å². The molecular formula is C22H18NO2+. The average Bonchev–Trinajstić information content (AvgIpc) is 2.68. The predicted molar refractivity (Wildman–Crippen MR) is 99.0 cm³/mol. The van der Waals surface area contributed by atoms with Gasteiger partial charge in [0.25, 0.3) is 0 Å². The number of hydrogen-bond donors (Lipinski definition) is 0. The topological polar surface area (TPSA) is 30.2 Å². The summed E-state index contributed by atoms with van der Waals surface area (Å²) in [6, 6.07) is 23.8.